The number of hydrogen-bond donors (Lipinski definition) is 0. The molecular formula is C18H22N2OSi. The molecule has 0 amide bonds. The molecule has 0 bridgehead atoms. The van der Waals surface area contributed by atoms with Crippen molar-refractivity contribution in [2.45, 2.75) is 38.9 Å². The molecule has 1 heterocycles. The van der Waals surface area contributed by atoms with E-state index in [0.717, 1.165) is 5.56 Å². The van der Waals surface area contributed by atoms with Gasteiger partial charge in [0.15, 0.2) is 0 Å². The van der Waals surface area contributed by atoms with Gasteiger partial charge in [-0.25, -0.2) is 4.68 Å². The Hall–Kier alpha value is -2.12. The quantitative estimate of drug-likeness (QED) is 0.632. The zero-order chi connectivity index (χ0) is 16.0. The van der Waals surface area contributed by atoms with Gasteiger partial charge in [-0.05, 0) is 30.3 Å². The molecule has 0 atom stereocenters. The molecule has 3 nitrogen and oxygen atoms in total. The molecule has 0 aliphatic carbocycles. The number of nitrogens with zero attached hydrogens (tertiary/aromatic N) is 2. The van der Waals surface area contributed by atoms with Gasteiger partial charge < -0.3 is 0 Å². The maximum Gasteiger partial charge on any atom is 0.278 e. The highest BCUT2D eigenvalue weighted by atomic mass is 28.3. The van der Waals surface area contributed by atoms with Crippen LogP contribution < -0.4 is 0 Å². The van der Waals surface area contributed by atoms with Crippen molar-refractivity contribution in [2.75, 3.05) is 0 Å². The minimum atomic E-state index is -1.47. The van der Waals surface area contributed by atoms with Crippen LogP contribution in [0.1, 0.15) is 36.7 Å². The molecule has 0 aliphatic rings. The summed E-state index contributed by atoms with van der Waals surface area (Å²) in [6, 6.07) is 12.7. The zero-order valence-corrected chi connectivity index (χ0v) is 14.5. The number of carbonyl (C=O) groups excluding carboxylic acids is 1. The van der Waals surface area contributed by atoms with Crippen LogP contribution in [0.3, 0.4) is 0 Å². The minimum Gasteiger partial charge on any atom is -0.267 e. The van der Waals surface area contributed by atoms with Gasteiger partial charge in [-0.2, -0.15) is 5.10 Å². The molecule has 0 radical (unpaired) electrons. The van der Waals surface area contributed by atoms with Crippen molar-refractivity contribution >= 4 is 14.0 Å². The third kappa shape index (κ3) is 3.55. The first kappa shape index (κ1) is 16.3. The van der Waals surface area contributed by atoms with Gasteiger partial charge in [-0.1, -0.05) is 44.9 Å². The van der Waals surface area contributed by atoms with Crippen molar-refractivity contribution in [1.29, 1.82) is 0 Å². The number of rotatable bonds is 4. The number of aromatic nitrogens is 2. The van der Waals surface area contributed by atoms with Crippen LogP contribution in [0.4, 0.5) is 0 Å². The lowest BCUT2D eigenvalue weighted by Crippen LogP contribution is -2.29. The van der Waals surface area contributed by atoms with Gasteiger partial charge in [0.05, 0.1) is 11.8 Å². The lowest BCUT2D eigenvalue weighted by molar-refractivity contribution is 0.0945. The standard InChI is InChI=1S/C18H22N2OSi/c1-4-22(5-2,6-3)13-12-16-14-19-20(15-16)18(21)17-10-8-7-9-11-17/h7-11,14-15H,4-6H2,1-3H3. The Morgan fingerprint density at radius 3 is 2.36 bits per heavy atom. The molecule has 114 valence electrons. The van der Waals surface area contributed by atoms with E-state index in [4.69, 9.17) is 0 Å². The highest BCUT2D eigenvalue weighted by Crippen LogP contribution is 2.19. The zero-order valence-electron chi connectivity index (χ0n) is 13.5. The van der Waals surface area contributed by atoms with Crippen LogP contribution in [-0.4, -0.2) is 23.8 Å². The summed E-state index contributed by atoms with van der Waals surface area (Å²) in [7, 11) is -1.47. The van der Waals surface area contributed by atoms with Crippen molar-refractivity contribution in [1.82, 2.24) is 9.78 Å². The minimum absolute atomic E-state index is 0.126. The van der Waals surface area contributed by atoms with Crippen LogP contribution in [0.25, 0.3) is 0 Å². The van der Waals surface area contributed by atoms with Crippen LogP contribution in [0.15, 0.2) is 42.7 Å². The predicted molar refractivity (Wildman–Crippen MR) is 92.5 cm³/mol. The molecule has 0 fully saturated rings. The highest BCUT2D eigenvalue weighted by molar-refractivity contribution is 6.87. The first-order chi connectivity index (χ1) is 10.6. The van der Waals surface area contributed by atoms with Crippen molar-refractivity contribution in [2.24, 2.45) is 0 Å². The number of hydrogen-bond acceptors (Lipinski definition) is 2. The van der Waals surface area contributed by atoms with Crippen LogP contribution in [-0.2, 0) is 0 Å². The second-order valence-electron chi connectivity index (χ2n) is 5.44. The van der Waals surface area contributed by atoms with Gasteiger partial charge in [-0.15, -0.1) is 5.54 Å². The average Bonchev–Trinajstić information content (AvgIpc) is 3.06. The Morgan fingerprint density at radius 1 is 1.14 bits per heavy atom. The van der Waals surface area contributed by atoms with Crippen LogP contribution in [0, 0.1) is 11.5 Å². The first-order valence-electron chi connectivity index (χ1n) is 7.81. The van der Waals surface area contributed by atoms with E-state index >= 15 is 0 Å². The Kier molecular flexibility index (Phi) is 5.34. The van der Waals surface area contributed by atoms with E-state index in [0.29, 0.717) is 5.56 Å². The lowest BCUT2D eigenvalue weighted by Gasteiger charge is -2.19. The normalized spacial score (nSPS) is 10.9. The highest BCUT2D eigenvalue weighted by Gasteiger charge is 2.24. The fourth-order valence-electron chi connectivity index (χ4n) is 2.43. The molecule has 0 spiro atoms. The van der Waals surface area contributed by atoms with Gasteiger partial charge in [0, 0.05) is 11.8 Å². The number of benzene rings is 1. The smallest absolute Gasteiger partial charge is 0.267 e. The lowest BCUT2D eigenvalue weighted by atomic mass is 10.2. The molecule has 2 aromatic rings. The monoisotopic (exact) mass is 310 g/mol. The van der Waals surface area contributed by atoms with Crippen molar-refractivity contribution in [3.8, 4) is 11.5 Å². The Labute approximate surface area is 133 Å². The van der Waals surface area contributed by atoms with E-state index in [2.05, 4.69) is 37.3 Å². The van der Waals surface area contributed by atoms with E-state index in [-0.39, 0.29) is 5.91 Å². The predicted octanol–water partition coefficient (Wildman–Crippen LogP) is 3.97. The largest absolute Gasteiger partial charge is 0.278 e. The average molecular weight is 310 g/mol. The molecule has 0 N–H and O–H groups in total. The van der Waals surface area contributed by atoms with E-state index in [1.807, 2.05) is 18.2 Å². The van der Waals surface area contributed by atoms with Crippen LogP contribution in [0.5, 0.6) is 0 Å². The van der Waals surface area contributed by atoms with E-state index in [9.17, 15) is 4.79 Å². The van der Waals surface area contributed by atoms with Gasteiger partial charge >= 0.3 is 0 Å². The molecule has 1 aromatic heterocycles. The summed E-state index contributed by atoms with van der Waals surface area (Å²) >= 11 is 0. The summed E-state index contributed by atoms with van der Waals surface area (Å²) in [6.07, 6.45) is 3.40. The summed E-state index contributed by atoms with van der Waals surface area (Å²) < 4.78 is 1.37. The summed E-state index contributed by atoms with van der Waals surface area (Å²) in [6.45, 7) is 6.70. The summed E-state index contributed by atoms with van der Waals surface area (Å²) in [4.78, 5) is 12.3. The second-order valence-corrected chi connectivity index (χ2v) is 10.4. The van der Waals surface area contributed by atoms with Crippen molar-refractivity contribution in [3.05, 3.63) is 53.9 Å². The maximum atomic E-state index is 12.3. The van der Waals surface area contributed by atoms with E-state index in [1.165, 1.54) is 22.8 Å². The summed E-state index contributed by atoms with van der Waals surface area (Å²) in [5, 5.41) is 4.15. The molecule has 2 rings (SSSR count). The molecule has 0 saturated carbocycles. The van der Waals surface area contributed by atoms with Gasteiger partial charge in [0.25, 0.3) is 5.91 Å². The van der Waals surface area contributed by atoms with Gasteiger partial charge in [0.1, 0.15) is 8.07 Å². The Morgan fingerprint density at radius 2 is 1.77 bits per heavy atom. The molecule has 0 saturated heterocycles. The SMILES string of the molecule is CC[Si](C#Cc1cnn(C(=O)c2ccccc2)c1)(CC)CC. The first-order valence-corrected chi connectivity index (χ1v) is 10.4. The molecule has 0 unspecified atom stereocenters. The van der Waals surface area contributed by atoms with E-state index in [1.54, 1.807) is 24.5 Å². The second kappa shape index (κ2) is 7.23. The molecule has 1 aromatic carbocycles. The van der Waals surface area contributed by atoms with Crippen LogP contribution >= 0.6 is 0 Å². The number of carbonyl (C=O) groups is 1. The fourth-order valence-corrected chi connectivity index (χ4v) is 4.87. The third-order valence-corrected chi connectivity index (χ3v) is 9.03. The van der Waals surface area contributed by atoms with Crippen molar-refractivity contribution in [3.63, 3.8) is 0 Å². The topological polar surface area (TPSA) is 34.9 Å². The summed E-state index contributed by atoms with van der Waals surface area (Å²) in [5.41, 5.74) is 4.96. The molecule has 0 aliphatic heterocycles. The summed E-state index contributed by atoms with van der Waals surface area (Å²) in [5.74, 6) is 3.11. The Bertz CT molecular complexity index is 682. The van der Waals surface area contributed by atoms with Crippen LogP contribution in [0.2, 0.25) is 18.1 Å². The van der Waals surface area contributed by atoms with Gasteiger partial charge in [-0.3, -0.25) is 4.79 Å². The molecule has 4 heteroatoms. The Balaban J connectivity index is 2.21. The van der Waals surface area contributed by atoms with E-state index < -0.39 is 8.07 Å². The third-order valence-electron chi connectivity index (χ3n) is 4.31. The van der Waals surface area contributed by atoms with Gasteiger partial charge in [0.2, 0.25) is 0 Å². The van der Waals surface area contributed by atoms with Crippen molar-refractivity contribution < 1.29 is 4.79 Å². The molecule has 22 heavy (non-hydrogen) atoms. The fraction of sp³-hybridized carbons (Fsp3) is 0.333. The maximum absolute atomic E-state index is 12.3. The molecular weight excluding hydrogens is 288 g/mol.